The minimum absolute atomic E-state index is 0.0165. The number of carbonyl (C=O) groups excluding carboxylic acids is 6. The monoisotopic (exact) mass is 905 g/mol. The van der Waals surface area contributed by atoms with E-state index in [4.69, 9.17) is 17.2 Å². The molecule has 0 fully saturated rings. The molecule has 354 valence electrons. The third kappa shape index (κ3) is 14.2. The number of para-hydroxylation sites is 2. The van der Waals surface area contributed by atoms with E-state index in [-0.39, 0.29) is 37.5 Å². The topological polar surface area (TPSA) is 261 Å². The van der Waals surface area contributed by atoms with Gasteiger partial charge in [-0.05, 0) is 72.9 Å². The average Bonchev–Trinajstić information content (AvgIpc) is 3.84. The number of aryl methyl sites for hydroxylation is 1. The lowest BCUT2D eigenvalue weighted by Gasteiger charge is -2.28. The number of primary amides is 1. The van der Waals surface area contributed by atoms with Gasteiger partial charge >= 0.3 is 0 Å². The normalized spacial score (nSPS) is 14.3. The second-order valence-corrected chi connectivity index (χ2v) is 18.1. The highest BCUT2D eigenvalue weighted by Crippen LogP contribution is 2.23. The molecule has 0 saturated carbocycles. The van der Waals surface area contributed by atoms with Crippen LogP contribution in [0.3, 0.4) is 0 Å². The van der Waals surface area contributed by atoms with Gasteiger partial charge in [-0.3, -0.25) is 28.8 Å². The Balaban J connectivity index is 1.47. The molecule has 3 aromatic carbocycles. The van der Waals surface area contributed by atoms with E-state index < -0.39 is 71.7 Å². The zero-order valence-electron chi connectivity index (χ0n) is 38.8. The van der Waals surface area contributed by atoms with Crippen LogP contribution in [0.4, 0.5) is 0 Å². The molecule has 6 atom stereocenters. The van der Waals surface area contributed by atoms with Crippen LogP contribution in [0.5, 0.6) is 0 Å². The van der Waals surface area contributed by atoms with Crippen molar-refractivity contribution in [3.05, 3.63) is 108 Å². The predicted octanol–water partition coefficient (Wildman–Crippen LogP) is 3.15. The lowest BCUT2D eigenvalue weighted by Crippen LogP contribution is -2.60. The van der Waals surface area contributed by atoms with E-state index in [0.29, 0.717) is 32.2 Å². The summed E-state index contributed by atoms with van der Waals surface area (Å²) in [6, 6.07) is 17.9. The Hall–Kier alpha value is -6.52. The molecule has 0 aliphatic heterocycles. The number of carbonyl (C=O) groups is 6. The average molecular weight is 905 g/mol. The van der Waals surface area contributed by atoms with Gasteiger partial charge in [0.1, 0.15) is 30.2 Å². The first-order valence-electron chi connectivity index (χ1n) is 22.9. The van der Waals surface area contributed by atoms with E-state index in [0.717, 1.165) is 38.5 Å². The molecule has 2 heterocycles. The summed E-state index contributed by atoms with van der Waals surface area (Å²) in [6.45, 7) is 8.08. The maximum atomic E-state index is 14.8. The molecule has 0 aliphatic carbocycles. The van der Waals surface area contributed by atoms with Crippen molar-refractivity contribution in [1.82, 2.24) is 36.1 Å². The van der Waals surface area contributed by atoms with Crippen LogP contribution in [0, 0.1) is 11.8 Å². The van der Waals surface area contributed by atoms with Gasteiger partial charge in [-0.1, -0.05) is 101 Å². The van der Waals surface area contributed by atoms with Gasteiger partial charge in [0, 0.05) is 60.5 Å². The molecule has 6 amide bonds. The molecule has 0 spiro atoms. The Morgan fingerprint density at radius 2 is 1.09 bits per heavy atom. The molecule has 0 bridgehead atoms. The largest absolute Gasteiger partial charge is 0.368 e. The van der Waals surface area contributed by atoms with Crippen molar-refractivity contribution >= 4 is 57.2 Å². The van der Waals surface area contributed by atoms with Crippen molar-refractivity contribution < 1.29 is 28.8 Å². The van der Waals surface area contributed by atoms with Gasteiger partial charge < -0.3 is 53.3 Å². The standard InChI is InChI=1S/C50H68N10O6/c1-30(2)23-39(45(53)61)55-47(63)40(24-31(3)4)57-49(65)42(26-33-28-54-38-20-11-9-17-35(33)38)59-48(64)41(25-32-15-7-6-8-16-32)58-50(66)43(56-46(62)37(52)19-13-14-22-51)27-34-29-60(5)44-21-12-10-18-36(34)44/h6-12,15-18,20-21,28-31,37,39-43,54H,13-14,19,22-27,51-52H2,1-5H3,(H2,53,61)(H,55,63)(H,56,62)(H,57,65)(H,58,66)(H,59,64)/t37-,39-,40-,41-,42+,43+/m0/s1. The first-order valence-corrected chi connectivity index (χ1v) is 22.9. The molecule has 16 nitrogen and oxygen atoms in total. The lowest BCUT2D eigenvalue weighted by molar-refractivity contribution is -0.135. The minimum Gasteiger partial charge on any atom is -0.368 e. The van der Waals surface area contributed by atoms with Crippen LogP contribution < -0.4 is 43.8 Å². The Kier molecular flexibility index (Phi) is 18.5. The number of nitrogens with one attached hydrogen (secondary N) is 6. The molecule has 66 heavy (non-hydrogen) atoms. The molecule has 12 N–H and O–H groups in total. The number of H-pyrrole nitrogens is 1. The number of unbranched alkanes of at least 4 members (excludes halogenated alkanes) is 1. The quantitative estimate of drug-likeness (QED) is 0.0392. The number of rotatable bonds is 25. The number of hydrogen-bond donors (Lipinski definition) is 9. The highest BCUT2D eigenvalue weighted by molar-refractivity contribution is 5.97. The van der Waals surface area contributed by atoms with Crippen LogP contribution in [0.25, 0.3) is 21.8 Å². The Labute approximate surface area is 386 Å². The predicted molar refractivity (Wildman–Crippen MR) is 257 cm³/mol. The molecule has 16 heteroatoms. The van der Waals surface area contributed by atoms with Crippen molar-refractivity contribution in [3.63, 3.8) is 0 Å². The van der Waals surface area contributed by atoms with Gasteiger partial charge in [0.05, 0.1) is 6.04 Å². The zero-order valence-corrected chi connectivity index (χ0v) is 38.8. The number of hydrogen-bond acceptors (Lipinski definition) is 8. The molecular formula is C50H68N10O6. The Bertz CT molecular complexity index is 2430. The van der Waals surface area contributed by atoms with Gasteiger partial charge in [-0.2, -0.15) is 0 Å². The molecule has 0 aliphatic rings. The smallest absolute Gasteiger partial charge is 0.243 e. The second kappa shape index (κ2) is 24.1. The summed E-state index contributed by atoms with van der Waals surface area (Å²) >= 11 is 0. The fourth-order valence-corrected chi connectivity index (χ4v) is 8.23. The van der Waals surface area contributed by atoms with Crippen molar-refractivity contribution in [1.29, 1.82) is 0 Å². The number of nitrogens with zero attached hydrogens (tertiary/aromatic N) is 1. The highest BCUT2D eigenvalue weighted by Gasteiger charge is 2.34. The van der Waals surface area contributed by atoms with Crippen molar-refractivity contribution in [2.45, 2.75) is 115 Å². The first kappa shape index (κ1) is 50.5. The van der Waals surface area contributed by atoms with Crippen molar-refractivity contribution in [3.8, 4) is 0 Å². The Morgan fingerprint density at radius 1 is 0.591 bits per heavy atom. The summed E-state index contributed by atoms with van der Waals surface area (Å²) in [6.07, 6.45) is 6.05. The zero-order chi connectivity index (χ0) is 47.9. The number of fused-ring (bicyclic) bond motifs is 2. The number of nitrogens with two attached hydrogens (primary N) is 3. The first-order chi connectivity index (χ1) is 31.5. The van der Waals surface area contributed by atoms with Crippen LogP contribution in [0.1, 0.15) is 76.5 Å². The fraction of sp³-hybridized carbons (Fsp3) is 0.440. The van der Waals surface area contributed by atoms with Crippen LogP contribution >= 0.6 is 0 Å². The van der Waals surface area contributed by atoms with E-state index in [1.54, 1.807) is 6.20 Å². The molecule has 0 unspecified atom stereocenters. The van der Waals surface area contributed by atoms with Crippen LogP contribution in [-0.4, -0.2) is 87.8 Å². The summed E-state index contributed by atoms with van der Waals surface area (Å²) < 4.78 is 1.95. The molecule has 0 saturated heterocycles. The van der Waals surface area contributed by atoms with Crippen LogP contribution in [0.15, 0.2) is 91.3 Å². The molecule has 0 radical (unpaired) electrons. The number of amides is 6. The van der Waals surface area contributed by atoms with Gasteiger partial charge in [-0.25, -0.2) is 0 Å². The van der Waals surface area contributed by atoms with E-state index in [9.17, 15) is 28.8 Å². The molecule has 5 rings (SSSR count). The van der Waals surface area contributed by atoms with E-state index >= 15 is 0 Å². The fourth-order valence-electron chi connectivity index (χ4n) is 8.23. The highest BCUT2D eigenvalue weighted by atomic mass is 16.2. The van der Waals surface area contributed by atoms with Crippen LogP contribution in [-0.2, 0) is 55.1 Å². The summed E-state index contributed by atoms with van der Waals surface area (Å²) in [5, 5.41) is 16.1. The molecule has 5 aromatic rings. The van der Waals surface area contributed by atoms with Gasteiger partial charge in [0.15, 0.2) is 0 Å². The summed E-state index contributed by atoms with van der Waals surface area (Å²) in [5.41, 5.74) is 21.7. The lowest BCUT2D eigenvalue weighted by atomic mass is 9.98. The SMILES string of the molecule is CC(C)C[C@H](NC(=O)[C@H](CC(C)C)NC(=O)[C@@H](Cc1c[nH]c2ccccc12)NC(=O)[C@H](Cc1ccccc1)NC(=O)[C@@H](Cc1cn(C)c2ccccc12)NC(=O)[C@@H](N)CCCCN)C(N)=O. The van der Waals surface area contributed by atoms with E-state index in [2.05, 4.69) is 31.6 Å². The molecular weight excluding hydrogens is 837 g/mol. The van der Waals surface area contributed by atoms with Gasteiger partial charge in [-0.15, -0.1) is 0 Å². The summed E-state index contributed by atoms with van der Waals surface area (Å²) in [7, 11) is 1.90. The number of aromatic nitrogens is 2. The van der Waals surface area contributed by atoms with Crippen molar-refractivity contribution in [2.24, 2.45) is 36.1 Å². The van der Waals surface area contributed by atoms with Gasteiger partial charge in [0.2, 0.25) is 35.4 Å². The van der Waals surface area contributed by atoms with Crippen LogP contribution in [0.2, 0.25) is 0 Å². The number of aromatic amines is 1. The maximum absolute atomic E-state index is 14.8. The van der Waals surface area contributed by atoms with E-state index in [1.807, 2.05) is 124 Å². The number of benzene rings is 3. The summed E-state index contributed by atoms with van der Waals surface area (Å²) in [5.74, 6) is -3.72. The molecule has 2 aromatic heterocycles. The Morgan fingerprint density at radius 3 is 1.71 bits per heavy atom. The van der Waals surface area contributed by atoms with Crippen molar-refractivity contribution in [2.75, 3.05) is 6.54 Å². The second-order valence-electron chi connectivity index (χ2n) is 18.1. The third-order valence-corrected chi connectivity index (χ3v) is 11.7. The van der Waals surface area contributed by atoms with Gasteiger partial charge in [0.25, 0.3) is 0 Å². The maximum Gasteiger partial charge on any atom is 0.243 e. The van der Waals surface area contributed by atoms with E-state index in [1.165, 1.54) is 0 Å². The summed E-state index contributed by atoms with van der Waals surface area (Å²) in [4.78, 5) is 87.0. The third-order valence-electron chi connectivity index (χ3n) is 11.7. The minimum atomic E-state index is -1.24.